The van der Waals surface area contributed by atoms with Gasteiger partial charge in [0.05, 0.1) is 24.2 Å². The SMILES string of the molecule is CC12CS(=O)CC(CO1)O2. The first-order valence-corrected chi connectivity index (χ1v) is 4.83. The largest absolute Gasteiger partial charge is 0.346 e. The van der Waals surface area contributed by atoms with Gasteiger partial charge in [0.2, 0.25) is 0 Å². The molecule has 2 fully saturated rings. The molecule has 58 valence electrons. The van der Waals surface area contributed by atoms with E-state index < -0.39 is 16.6 Å². The van der Waals surface area contributed by atoms with Gasteiger partial charge >= 0.3 is 0 Å². The van der Waals surface area contributed by atoms with E-state index in [4.69, 9.17) is 9.47 Å². The van der Waals surface area contributed by atoms with E-state index in [0.717, 1.165) is 0 Å². The lowest BCUT2D eigenvalue weighted by Gasteiger charge is -2.26. The van der Waals surface area contributed by atoms with Crippen molar-refractivity contribution in [1.29, 1.82) is 0 Å². The molecule has 0 aliphatic carbocycles. The molecule has 3 atom stereocenters. The highest BCUT2D eigenvalue weighted by atomic mass is 32.2. The molecule has 2 aliphatic rings. The first-order valence-electron chi connectivity index (χ1n) is 3.35. The van der Waals surface area contributed by atoms with Crippen molar-refractivity contribution >= 4 is 10.8 Å². The van der Waals surface area contributed by atoms with E-state index in [-0.39, 0.29) is 6.10 Å². The van der Waals surface area contributed by atoms with E-state index in [0.29, 0.717) is 18.1 Å². The summed E-state index contributed by atoms with van der Waals surface area (Å²) in [5, 5.41) is 0. The van der Waals surface area contributed by atoms with Gasteiger partial charge in [-0.05, 0) is 6.92 Å². The molecule has 0 spiro atoms. The van der Waals surface area contributed by atoms with Gasteiger partial charge in [0.25, 0.3) is 0 Å². The van der Waals surface area contributed by atoms with Crippen molar-refractivity contribution < 1.29 is 13.7 Å². The van der Waals surface area contributed by atoms with E-state index in [9.17, 15) is 4.21 Å². The molecule has 2 heterocycles. The summed E-state index contributed by atoms with van der Waals surface area (Å²) in [7, 11) is -0.727. The molecule has 2 aliphatic heterocycles. The second-order valence-electron chi connectivity index (χ2n) is 2.94. The average Bonchev–Trinajstić information content (AvgIpc) is 2.06. The normalized spacial score (nSPS) is 53.3. The van der Waals surface area contributed by atoms with Crippen molar-refractivity contribution in [1.82, 2.24) is 0 Å². The quantitative estimate of drug-likeness (QED) is 0.498. The molecule has 10 heavy (non-hydrogen) atoms. The standard InChI is InChI=1S/C6H10O3S/c1-6-4-10(7)3-5(9-6)2-8-6/h5H,2-4H2,1H3. The highest BCUT2D eigenvalue weighted by molar-refractivity contribution is 7.85. The maximum absolute atomic E-state index is 11.1. The van der Waals surface area contributed by atoms with Crippen LogP contribution in [0, 0.1) is 0 Å². The Morgan fingerprint density at radius 2 is 2.50 bits per heavy atom. The minimum atomic E-state index is -0.727. The first-order chi connectivity index (χ1) is 4.68. The molecular formula is C6H10O3S. The monoisotopic (exact) mass is 162 g/mol. The van der Waals surface area contributed by atoms with Crippen LogP contribution in [0.5, 0.6) is 0 Å². The summed E-state index contributed by atoms with van der Waals surface area (Å²) in [6.45, 7) is 2.46. The molecule has 0 saturated carbocycles. The molecule has 2 rings (SSSR count). The lowest BCUT2D eigenvalue weighted by Crippen LogP contribution is -2.40. The van der Waals surface area contributed by atoms with E-state index in [1.165, 1.54) is 0 Å². The van der Waals surface area contributed by atoms with Crippen molar-refractivity contribution in [2.24, 2.45) is 0 Å². The summed E-state index contributed by atoms with van der Waals surface area (Å²) in [4.78, 5) is 0. The predicted molar refractivity (Wildman–Crippen MR) is 37.1 cm³/mol. The summed E-state index contributed by atoms with van der Waals surface area (Å²) < 4.78 is 21.8. The molecule has 2 bridgehead atoms. The van der Waals surface area contributed by atoms with Crippen LogP contribution in [-0.4, -0.2) is 34.2 Å². The topological polar surface area (TPSA) is 35.5 Å². The van der Waals surface area contributed by atoms with E-state index >= 15 is 0 Å². The molecule has 4 heteroatoms. The highest BCUT2D eigenvalue weighted by Crippen LogP contribution is 2.29. The zero-order chi connectivity index (χ0) is 7.19. The Morgan fingerprint density at radius 3 is 3.20 bits per heavy atom. The third-order valence-corrected chi connectivity index (χ3v) is 3.38. The molecule has 2 saturated heterocycles. The molecule has 0 aromatic carbocycles. The van der Waals surface area contributed by atoms with Crippen molar-refractivity contribution in [2.45, 2.75) is 18.8 Å². The zero-order valence-electron chi connectivity index (χ0n) is 5.83. The van der Waals surface area contributed by atoms with Crippen LogP contribution in [0.1, 0.15) is 6.92 Å². The summed E-state index contributed by atoms with van der Waals surface area (Å²) in [5.74, 6) is 0.646. The Morgan fingerprint density at radius 1 is 1.70 bits per heavy atom. The second-order valence-corrected chi connectivity index (χ2v) is 4.44. The fourth-order valence-electron chi connectivity index (χ4n) is 1.41. The maximum atomic E-state index is 11.1. The fourth-order valence-corrected chi connectivity index (χ4v) is 2.84. The van der Waals surface area contributed by atoms with E-state index in [2.05, 4.69) is 0 Å². The molecular weight excluding hydrogens is 152 g/mol. The summed E-state index contributed by atoms with van der Waals surface area (Å²) in [5.41, 5.74) is 0. The Labute approximate surface area is 62.2 Å². The molecule has 3 unspecified atom stereocenters. The van der Waals surface area contributed by atoms with Gasteiger partial charge in [-0.2, -0.15) is 0 Å². The van der Waals surface area contributed by atoms with Crippen LogP contribution < -0.4 is 0 Å². The molecule has 0 N–H and O–H groups in total. The van der Waals surface area contributed by atoms with Crippen LogP contribution in [0.4, 0.5) is 0 Å². The lowest BCUT2D eigenvalue weighted by atomic mass is 10.4. The van der Waals surface area contributed by atoms with Crippen LogP contribution in [0.25, 0.3) is 0 Å². The van der Waals surface area contributed by atoms with E-state index in [1.54, 1.807) is 0 Å². The minimum Gasteiger partial charge on any atom is -0.346 e. The number of ether oxygens (including phenoxy) is 2. The van der Waals surface area contributed by atoms with Crippen molar-refractivity contribution in [3.8, 4) is 0 Å². The Balaban J connectivity index is 2.20. The first kappa shape index (κ1) is 6.76. The van der Waals surface area contributed by atoms with Crippen LogP contribution in [-0.2, 0) is 20.3 Å². The smallest absolute Gasteiger partial charge is 0.177 e. The molecule has 0 radical (unpaired) electrons. The highest BCUT2D eigenvalue weighted by Gasteiger charge is 2.43. The Bertz CT molecular complexity index is 182. The van der Waals surface area contributed by atoms with Gasteiger partial charge in [0.15, 0.2) is 5.79 Å². The van der Waals surface area contributed by atoms with Gasteiger partial charge in [0, 0.05) is 10.8 Å². The predicted octanol–water partition coefficient (Wildman–Crippen LogP) is -0.120. The maximum Gasteiger partial charge on any atom is 0.177 e. The number of hydrogen-bond donors (Lipinski definition) is 0. The Hall–Kier alpha value is 0.0700. The van der Waals surface area contributed by atoms with Gasteiger partial charge in [0.1, 0.15) is 0 Å². The number of hydrogen-bond acceptors (Lipinski definition) is 3. The fraction of sp³-hybridized carbons (Fsp3) is 1.00. The zero-order valence-corrected chi connectivity index (χ0v) is 6.65. The van der Waals surface area contributed by atoms with Crippen LogP contribution in [0.15, 0.2) is 0 Å². The van der Waals surface area contributed by atoms with E-state index in [1.807, 2.05) is 6.92 Å². The average molecular weight is 162 g/mol. The van der Waals surface area contributed by atoms with Crippen molar-refractivity contribution in [2.75, 3.05) is 18.1 Å². The van der Waals surface area contributed by atoms with Crippen molar-refractivity contribution in [3.63, 3.8) is 0 Å². The van der Waals surface area contributed by atoms with Crippen molar-refractivity contribution in [3.05, 3.63) is 0 Å². The lowest BCUT2D eigenvalue weighted by molar-refractivity contribution is -0.135. The van der Waals surface area contributed by atoms with Crippen LogP contribution >= 0.6 is 0 Å². The third kappa shape index (κ3) is 1.00. The molecule has 0 aromatic rings. The third-order valence-electron chi connectivity index (χ3n) is 1.79. The molecule has 0 aromatic heterocycles. The number of fused-ring (bicyclic) bond motifs is 2. The summed E-state index contributed by atoms with van der Waals surface area (Å²) >= 11 is 0. The van der Waals surface area contributed by atoms with Gasteiger partial charge in [-0.3, -0.25) is 4.21 Å². The van der Waals surface area contributed by atoms with Gasteiger partial charge < -0.3 is 9.47 Å². The molecule has 3 nitrogen and oxygen atoms in total. The van der Waals surface area contributed by atoms with Gasteiger partial charge in [-0.15, -0.1) is 0 Å². The Kier molecular flexibility index (Phi) is 1.37. The van der Waals surface area contributed by atoms with Gasteiger partial charge in [-0.1, -0.05) is 0 Å². The number of rotatable bonds is 0. The molecule has 0 amide bonds. The van der Waals surface area contributed by atoms with Crippen LogP contribution in [0.2, 0.25) is 0 Å². The summed E-state index contributed by atoms with van der Waals surface area (Å²) in [6.07, 6.45) is 0.0829. The second kappa shape index (κ2) is 2.03. The van der Waals surface area contributed by atoms with Crippen LogP contribution in [0.3, 0.4) is 0 Å². The minimum absolute atomic E-state index is 0.0829. The summed E-state index contributed by atoms with van der Waals surface area (Å²) in [6, 6.07) is 0. The van der Waals surface area contributed by atoms with Gasteiger partial charge in [-0.25, -0.2) is 0 Å².